The maximum Gasteiger partial charge on any atom is 0.417 e. The second kappa shape index (κ2) is 7.36. The average molecular weight is 440 g/mol. The van der Waals surface area contributed by atoms with Crippen LogP contribution in [0.2, 0.25) is 0 Å². The van der Waals surface area contributed by atoms with E-state index in [1.54, 1.807) is 35.2 Å². The van der Waals surface area contributed by atoms with Crippen LogP contribution < -0.4 is 9.80 Å². The molecule has 2 aliphatic rings. The van der Waals surface area contributed by atoms with Crippen LogP contribution >= 0.6 is 12.2 Å². The fourth-order valence-corrected chi connectivity index (χ4v) is 4.81. The number of benzene rings is 2. The van der Waals surface area contributed by atoms with E-state index in [2.05, 4.69) is 0 Å². The normalized spacial score (nSPS) is 17.8. The van der Waals surface area contributed by atoms with Gasteiger partial charge in [0.2, 0.25) is 0 Å². The molecule has 1 saturated heterocycles. The Kier molecular flexibility index (Phi) is 4.95. The highest BCUT2D eigenvalue weighted by Crippen LogP contribution is 2.46. The Morgan fingerprint density at radius 1 is 0.968 bits per heavy atom. The second-order valence-electron chi connectivity index (χ2n) is 7.50. The Morgan fingerprint density at radius 2 is 1.58 bits per heavy atom. The maximum atomic E-state index is 13.6. The van der Waals surface area contributed by atoms with Crippen molar-refractivity contribution in [2.45, 2.75) is 37.4 Å². The minimum absolute atomic E-state index is 0.0243. The van der Waals surface area contributed by atoms with E-state index in [0.29, 0.717) is 24.1 Å². The molecule has 156 valence electrons. The molecule has 1 aliphatic carbocycles. The van der Waals surface area contributed by atoms with Gasteiger partial charge in [-0.2, -0.15) is 23.7 Å². The van der Waals surface area contributed by atoms with Gasteiger partial charge in [0.1, 0.15) is 5.54 Å². The molecule has 0 bridgehead atoms. The molecule has 1 saturated carbocycles. The molecule has 4 rings (SSSR count). The number of thiocarbonyl (C=S) groups is 1. The van der Waals surface area contributed by atoms with E-state index in [-0.39, 0.29) is 16.7 Å². The average Bonchev–Trinajstić information content (AvgIpc) is 3.31. The van der Waals surface area contributed by atoms with Gasteiger partial charge >= 0.3 is 6.18 Å². The first-order chi connectivity index (χ1) is 14.7. The molecule has 1 aliphatic heterocycles. The molecule has 0 unspecified atom stereocenters. The van der Waals surface area contributed by atoms with Gasteiger partial charge in [0, 0.05) is 5.69 Å². The minimum Gasteiger partial charge on any atom is -0.303 e. The van der Waals surface area contributed by atoms with Gasteiger partial charge in [0.15, 0.2) is 5.11 Å². The molecule has 1 spiro atoms. The third-order valence-corrected chi connectivity index (χ3v) is 6.15. The lowest BCUT2D eigenvalue weighted by atomic mass is 9.94. The molecule has 0 atom stereocenters. The van der Waals surface area contributed by atoms with Crippen molar-refractivity contribution >= 4 is 34.6 Å². The highest BCUT2D eigenvalue weighted by molar-refractivity contribution is 7.81. The molecular weight excluding hydrogens is 425 g/mol. The molecule has 2 aromatic carbocycles. The van der Waals surface area contributed by atoms with Gasteiger partial charge in [-0.1, -0.05) is 12.8 Å². The number of carbonyl (C=O) groups excluding carboxylic acids is 1. The van der Waals surface area contributed by atoms with Crippen LogP contribution in [-0.4, -0.2) is 16.6 Å². The number of amides is 1. The van der Waals surface area contributed by atoms with Crippen molar-refractivity contribution in [3.05, 3.63) is 59.2 Å². The van der Waals surface area contributed by atoms with Crippen molar-refractivity contribution in [3.63, 3.8) is 0 Å². The van der Waals surface area contributed by atoms with Gasteiger partial charge in [0.05, 0.1) is 34.5 Å². The summed E-state index contributed by atoms with van der Waals surface area (Å²) in [5.41, 5.74) is -1.58. The van der Waals surface area contributed by atoms with Crippen LogP contribution in [0.1, 0.15) is 42.4 Å². The molecule has 0 aromatic heterocycles. The summed E-state index contributed by atoms with van der Waals surface area (Å²) in [4.78, 5) is 16.4. The van der Waals surface area contributed by atoms with Gasteiger partial charge in [-0.25, -0.2) is 0 Å². The highest BCUT2D eigenvalue weighted by atomic mass is 32.1. The van der Waals surface area contributed by atoms with Crippen molar-refractivity contribution < 1.29 is 18.0 Å². The third-order valence-electron chi connectivity index (χ3n) is 5.78. The molecule has 31 heavy (non-hydrogen) atoms. The van der Waals surface area contributed by atoms with Gasteiger partial charge in [-0.15, -0.1) is 0 Å². The topological polar surface area (TPSA) is 71.1 Å². The fourth-order valence-electron chi connectivity index (χ4n) is 4.34. The predicted molar refractivity (Wildman–Crippen MR) is 111 cm³/mol. The molecule has 2 fully saturated rings. The molecule has 0 N–H and O–H groups in total. The Morgan fingerprint density at radius 3 is 2.13 bits per heavy atom. The number of anilines is 2. The van der Waals surface area contributed by atoms with Crippen LogP contribution in [0, 0.1) is 22.7 Å². The van der Waals surface area contributed by atoms with E-state index in [9.17, 15) is 18.0 Å². The Balaban J connectivity index is 1.84. The maximum absolute atomic E-state index is 13.6. The lowest BCUT2D eigenvalue weighted by molar-refractivity contribution is -0.137. The number of halogens is 3. The summed E-state index contributed by atoms with van der Waals surface area (Å²) in [5, 5.41) is 18.2. The van der Waals surface area contributed by atoms with Crippen LogP contribution in [0.3, 0.4) is 0 Å². The lowest BCUT2D eigenvalue weighted by Gasteiger charge is -2.32. The summed E-state index contributed by atoms with van der Waals surface area (Å²) >= 11 is 5.59. The van der Waals surface area contributed by atoms with E-state index < -0.39 is 22.8 Å². The smallest absolute Gasteiger partial charge is 0.303 e. The summed E-state index contributed by atoms with van der Waals surface area (Å²) < 4.78 is 40.4. The third kappa shape index (κ3) is 3.22. The summed E-state index contributed by atoms with van der Waals surface area (Å²) in [6, 6.07) is 13.3. The second-order valence-corrected chi connectivity index (χ2v) is 7.86. The van der Waals surface area contributed by atoms with Crippen LogP contribution in [0.5, 0.6) is 0 Å². The van der Waals surface area contributed by atoms with Gasteiger partial charge < -0.3 is 4.90 Å². The van der Waals surface area contributed by atoms with Crippen LogP contribution in [0.4, 0.5) is 24.5 Å². The summed E-state index contributed by atoms with van der Waals surface area (Å²) in [5.74, 6) is -0.378. The quantitative estimate of drug-likeness (QED) is 0.622. The van der Waals surface area contributed by atoms with Gasteiger partial charge in [-0.05, 0) is 67.5 Å². The van der Waals surface area contributed by atoms with Crippen molar-refractivity contribution in [3.8, 4) is 12.1 Å². The standard InChI is InChI=1S/C22H15F3N4OS/c23-22(24,25)18-11-17(8-5-15(18)13-27)28-19(30)21(9-1-2-10-21)29(20(28)31)16-6-3-14(12-26)4-7-16/h3-8,11H,1-2,9-10H2. The lowest BCUT2D eigenvalue weighted by Crippen LogP contribution is -2.47. The predicted octanol–water partition coefficient (Wildman–Crippen LogP) is 4.90. The van der Waals surface area contributed by atoms with E-state index in [1.165, 1.54) is 6.07 Å². The molecule has 0 radical (unpaired) electrons. The monoisotopic (exact) mass is 440 g/mol. The number of alkyl halides is 3. The zero-order chi connectivity index (χ0) is 22.4. The van der Waals surface area contributed by atoms with Crippen LogP contribution in [0.25, 0.3) is 0 Å². The SMILES string of the molecule is N#Cc1ccc(N2C(=S)N(c3ccc(C#N)c(C(F)(F)F)c3)C(=O)C23CCCC3)cc1. The number of hydrogen-bond donors (Lipinski definition) is 0. The number of nitrogens with zero attached hydrogens (tertiary/aromatic N) is 4. The molecule has 2 aromatic rings. The van der Waals surface area contributed by atoms with E-state index >= 15 is 0 Å². The number of rotatable bonds is 2. The Bertz CT molecular complexity index is 1160. The largest absolute Gasteiger partial charge is 0.417 e. The molecular formula is C22H15F3N4OS. The zero-order valence-corrected chi connectivity index (χ0v) is 16.9. The van der Waals surface area contributed by atoms with Crippen molar-refractivity contribution in [1.82, 2.24) is 0 Å². The molecule has 9 heteroatoms. The molecule has 5 nitrogen and oxygen atoms in total. The van der Waals surface area contributed by atoms with Crippen molar-refractivity contribution in [1.29, 1.82) is 10.5 Å². The van der Waals surface area contributed by atoms with Gasteiger partial charge in [-0.3, -0.25) is 9.69 Å². The summed E-state index contributed by atoms with van der Waals surface area (Å²) in [6.07, 6.45) is -2.13. The van der Waals surface area contributed by atoms with E-state index in [0.717, 1.165) is 29.9 Å². The van der Waals surface area contributed by atoms with E-state index in [1.807, 2.05) is 6.07 Å². The Labute approximate surface area is 181 Å². The first-order valence-corrected chi connectivity index (χ1v) is 9.94. The van der Waals surface area contributed by atoms with Gasteiger partial charge in [0.25, 0.3) is 5.91 Å². The number of hydrogen-bond acceptors (Lipinski definition) is 4. The first kappa shape index (κ1) is 20.8. The van der Waals surface area contributed by atoms with Crippen LogP contribution in [0.15, 0.2) is 42.5 Å². The van der Waals surface area contributed by atoms with E-state index in [4.69, 9.17) is 22.7 Å². The van der Waals surface area contributed by atoms with Crippen molar-refractivity contribution in [2.24, 2.45) is 0 Å². The summed E-state index contributed by atoms with van der Waals surface area (Å²) in [7, 11) is 0. The Hall–Kier alpha value is -3.43. The summed E-state index contributed by atoms with van der Waals surface area (Å²) in [6.45, 7) is 0. The molecule has 1 amide bonds. The van der Waals surface area contributed by atoms with Crippen LogP contribution in [-0.2, 0) is 11.0 Å². The molecule has 1 heterocycles. The number of carbonyl (C=O) groups is 1. The number of nitriles is 2. The van der Waals surface area contributed by atoms with Crippen molar-refractivity contribution in [2.75, 3.05) is 9.80 Å². The minimum atomic E-state index is -4.75. The first-order valence-electron chi connectivity index (χ1n) is 9.53. The fraction of sp³-hybridized carbons (Fsp3) is 0.273. The highest BCUT2D eigenvalue weighted by Gasteiger charge is 2.57. The zero-order valence-electron chi connectivity index (χ0n) is 16.1.